The molecular weight excluding hydrogens is 246 g/mol. The average Bonchev–Trinajstić information content (AvgIpc) is 2.23. The second kappa shape index (κ2) is 5.94. The highest BCUT2D eigenvalue weighted by molar-refractivity contribution is 7.12. The number of hydrogen-bond acceptors (Lipinski definition) is 2. The van der Waals surface area contributed by atoms with Crippen molar-refractivity contribution in [3.05, 3.63) is 0 Å². The van der Waals surface area contributed by atoms with Crippen molar-refractivity contribution in [1.29, 1.82) is 0 Å². The fourth-order valence-corrected chi connectivity index (χ4v) is 7.00. The van der Waals surface area contributed by atoms with E-state index in [1.54, 1.807) is 0 Å². The molecule has 1 fully saturated rings. The zero-order valence-corrected chi connectivity index (χ0v) is 15.9. The second-order valence-corrected chi connectivity index (χ2v) is 13.6. The van der Waals surface area contributed by atoms with Gasteiger partial charge in [0.2, 0.25) is 13.7 Å². The van der Waals surface area contributed by atoms with Crippen molar-refractivity contribution < 1.29 is 0 Å². The minimum atomic E-state index is -1.14. The summed E-state index contributed by atoms with van der Waals surface area (Å²) in [6.45, 7) is 21.0. The third-order valence-electron chi connectivity index (χ3n) is 5.38. The van der Waals surface area contributed by atoms with Gasteiger partial charge in [-0.05, 0) is 26.2 Å². The molecule has 0 spiro atoms. The van der Waals surface area contributed by atoms with E-state index in [9.17, 15) is 0 Å². The van der Waals surface area contributed by atoms with Crippen molar-refractivity contribution in [2.45, 2.75) is 77.4 Å². The van der Waals surface area contributed by atoms with Crippen LogP contribution in [0.2, 0.25) is 30.7 Å². The summed E-state index contributed by atoms with van der Waals surface area (Å²) in [6.07, 6.45) is 0. The Bertz CT molecular complexity index is 282. The van der Waals surface area contributed by atoms with E-state index in [-0.39, 0.29) is 0 Å². The smallest absolute Gasteiger partial charge is 0.214 e. The van der Waals surface area contributed by atoms with Gasteiger partial charge in [-0.1, -0.05) is 65.3 Å². The Hall–Kier alpha value is 0.267. The Labute approximate surface area is 123 Å². The molecule has 1 heterocycles. The number of hydrogen-bond donors (Lipinski definition) is 0. The monoisotopic (exact) mass is 280 g/mol. The van der Waals surface area contributed by atoms with Crippen LogP contribution < -0.4 is 0 Å². The molecule has 0 radical (unpaired) electrons. The molecule has 5 heteroatoms. The third kappa shape index (κ3) is 3.30. The SMILES string of the molecule is CC1B(N(C)C(C)C)C([Si](C)(C)C)B1N(C)C(C)C. The molecule has 0 aliphatic carbocycles. The van der Waals surface area contributed by atoms with E-state index in [2.05, 4.69) is 78.0 Å². The van der Waals surface area contributed by atoms with Crippen molar-refractivity contribution in [3.63, 3.8) is 0 Å². The molecular formula is C14H34B2N2Si. The van der Waals surface area contributed by atoms with Gasteiger partial charge >= 0.3 is 0 Å². The molecule has 19 heavy (non-hydrogen) atoms. The van der Waals surface area contributed by atoms with Gasteiger partial charge in [0.1, 0.15) is 0 Å². The second-order valence-electron chi connectivity index (χ2n) is 8.25. The molecule has 2 nitrogen and oxygen atoms in total. The highest BCUT2D eigenvalue weighted by atomic mass is 28.3. The van der Waals surface area contributed by atoms with E-state index < -0.39 is 8.07 Å². The molecule has 1 saturated heterocycles. The van der Waals surface area contributed by atoms with Gasteiger partial charge in [0.15, 0.2) is 0 Å². The van der Waals surface area contributed by atoms with E-state index in [1.165, 1.54) is 0 Å². The Balaban J connectivity index is 2.98. The van der Waals surface area contributed by atoms with E-state index in [1.807, 2.05) is 0 Å². The lowest BCUT2D eigenvalue weighted by atomic mass is 9.10. The summed E-state index contributed by atoms with van der Waals surface area (Å²) in [6, 6.07) is 1.30. The van der Waals surface area contributed by atoms with Crippen molar-refractivity contribution >= 4 is 21.8 Å². The molecule has 0 aromatic rings. The van der Waals surface area contributed by atoms with Crippen molar-refractivity contribution in [2.24, 2.45) is 0 Å². The summed E-state index contributed by atoms with van der Waals surface area (Å²) in [5.41, 5.74) is 0.788. The van der Waals surface area contributed by atoms with E-state index in [0.29, 0.717) is 12.1 Å². The lowest BCUT2D eigenvalue weighted by molar-refractivity contribution is 0.394. The first-order valence-corrected chi connectivity index (χ1v) is 11.5. The summed E-state index contributed by atoms with van der Waals surface area (Å²) in [5, 5.41) is 0.891. The van der Waals surface area contributed by atoms with Crippen molar-refractivity contribution in [3.8, 4) is 0 Å². The molecule has 0 saturated carbocycles. The maximum Gasteiger partial charge on any atom is 0.214 e. The first-order chi connectivity index (χ1) is 8.50. The summed E-state index contributed by atoms with van der Waals surface area (Å²) in [7, 11) is 3.51. The Morgan fingerprint density at radius 2 is 1.16 bits per heavy atom. The standard InChI is InChI=1S/C14H34B2N2Si/c1-11(2)17(6)15-13(5)16(18(7)12(3)4)14(15)19(8,9)10/h11-14H,1-10H3. The highest BCUT2D eigenvalue weighted by Crippen LogP contribution is 2.49. The first-order valence-electron chi connectivity index (χ1n) is 7.94. The van der Waals surface area contributed by atoms with Crippen LogP contribution in [0.15, 0.2) is 0 Å². The van der Waals surface area contributed by atoms with Crippen LogP contribution in [0.4, 0.5) is 0 Å². The molecule has 0 aromatic heterocycles. The fourth-order valence-electron chi connectivity index (χ4n) is 3.87. The third-order valence-corrected chi connectivity index (χ3v) is 8.07. The van der Waals surface area contributed by atoms with Gasteiger partial charge in [-0.15, -0.1) is 0 Å². The Morgan fingerprint density at radius 3 is 1.37 bits per heavy atom. The maximum atomic E-state index is 2.62. The van der Waals surface area contributed by atoms with Gasteiger partial charge in [-0.2, -0.15) is 0 Å². The van der Waals surface area contributed by atoms with Crippen LogP contribution in [0.25, 0.3) is 0 Å². The van der Waals surface area contributed by atoms with Gasteiger partial charge in [0, 0.05) is 8.07 Å². The topological polar surface area (TPSA) is 6.48 Å². The predicted octanol–water partition coefficient (Wildman–Crippen LogP) is 3.38. The molecule has 1 aliphatic rings. The van der Waals surface area contributed by atoms with Crippen molar-refractivity contribution in [2.75, 3.05) is 14.1 Å². The summed E-state index contributed by atoms with van der Waals surface area (Å²) >= 11 is 0. The van der Waals surface area contributed by atoms with E-state index in [0.717, 1.165) is 24.8 Å². The van der Waals surface area contributed by atoms with Gasteiger partial charge in [-0.3, -0.25) is 0 Å². The molecule has 110 valence electrons. The van der Waals surface area contributed by atoms with Gasteiger partial charge in [0.05, 0.1) is 0 Å². The van der Waals surface area contributed by atoms with Gasteiger partial charge in [-0.25, -0.2) is 0 Å². The van der Waals surface area contributed by atoms with Crippen molar-refractivity contribution in [1.82, 2.24) is 9.62 Å². The molecule has 0 unspecified atom stereocenters. The van der Waals surface area contributed by atoms with Gasteiger partial charge in [0.25, 0.3) is 0 Å². The quantitative estimate of drug-likeness (QED) is 0.712. The highest BCUT2D eigenvalue weighted by Gasteiger charge is 2.61. The Morgan fingerprint density at radius 1 is 0.842 bits per heavy atom. The van der Waals surface area contributed by atoms with Crippen LogP contribution >= 0.6 is 0 Å². The molecule has 0 bridgehead atoms. The van der Waals surface area contributed by atoms with Crippen LogP contribution in [0.1, 0.15) is 34.6 Å². The lowest BCUT2D eigenvalue weighted by Gasteiger charge is -2.59. The predicted molar refractivity (Wildman–Crippen MR) is 93.8 cm³/mol. The zero-order chi connectivity index (χ0) is 15.1. The minimum Gasteiger partial charge on any atom is -0.343 e. The maximum absolute atomic E-state index is 2.62. The van der Waals surface area contributed by atoms with E-state index >= 15 is 0 Å². The van der Waals surface area contributed by atoms with Crippen LogP contribution in [0.3, 0.4) is 0 Å². The molecule has 1 rings (SSSR count). The van der Waals surface area contributed by atoms with Crippen LogP contribution in [0.5, 0.6) is 0 Å². The lowest BCUT2D eigenvalue weighted by Crippen LogP contribution is -2.73. The molecule has 0 N–H and O–H groups in total. The normalized spacial score (nSPS) is 24.9. The van der Waals surface area contributed by atoms with Crippen LogP contribution in [-0.4, -0.2) is 57.6 Å². The molecule has 0 atom stereocenters. The van der Waals surface area contributed by atoms with Crippen LogP contribution in [0, 0.1) is 0 Å². The molecule has 1 aliphatic heterocycles. The molecule has 0 aromatic carbocycles. The number of rotatable bonds is 5. The average molecular weight is 280 g/mol. The van der Waals surface area contributed by atoms with Crippen LogP contribution in [-0.2, 0) is 0 Å². The fraction of sp³-hybridized carbons (Fsp3) is 1.00. The summed E-state index contributed by atoms with van der Waals surface area (Å²) in [4.78, 5) is 5.25. The first kappa shape index (κ1) is 17.3. The molecule has 0 amide bonds. The Kier molecular flexibility index (Phi) is 5.42. The minimum absolute atomic E-state index is 0.650. The zero-order valence-electron chi connectivity index (χ0n) is 14.9. The number of nitrogens with zero attached hydrogens (tertiary/aromatic N) is 2. The van der Waals surface area contributed by atoms with E-state index in [4.69, 9.17) is 0 Å². The summed E-state index contributed by atoms with van der Waals surface area (Å²) < 4.78 is 0. The van der Waals surface area contributed by atoms with Gasteiger partial charge < -0.3 is 9.62 Å². The summed E-state index contributed by atoms with van der Waals surface area (Å²) in [5.74, 6) is 0. The largest absolute Gasteiger partial charge is 0.343 e.